The molecule has 0 unspecified atom stereocenters. The summed E-state index contributed by atoms with van der Waals surface area (Å²) in [5.41, 5.74) is 6.00. The zero-order valence-corrected chi connectivity index (χ0v) is 9.42. The summed E-state index contributed by atoms with van der Waals surface area (Å²) in [6.45, 7) is 1.41. The molecule has 3 heteroatoms. The van der Waals surface area contributed by atoms with Crippen LogP contribution in [0.5, 0.6) is 5.75 Å². The lowest BCUT2D eigenvalue weighted by Crippen LogP contribution is -2.13. The Balaban J connectivity index is 1.76. The number of halogens is 1. The Hall–Kier alpha value is -1.09. The van der Waals surface area contributed by atoms with Crippen LogP contribution in [0, 0.1) is 11.2 Å². The first-order valence-corrected chi connectivity index (χ1v) is 5.83. The highest BCUT2D eigenvalue weighted by Gasteiger charge is 2.41. The van der Waals surface area contributed by atoms with Crippen LogP contribution in [0.4, 0.5) is 4.39 Å². The van der Waals surface area contributed by atoms with Crippen LogP contribution in [-0.2, 0) is 0 Å². The Labute approximate surface area is 95.6 Å². The van der Waals surface area contributed by atoms with Gasteiger partial charge in [-0.1, -0.05) is 6.07 Å². The van der Waals surface area contributed by atoms with Gasteiger partial charge in [0, 0.05) is 6.07 Å². The fourth-order valence-electron chi connectivity index (χ4n) is 2.05. The van der Waals surface area contributed by atoms with E-state index in [1.54, 1.807) is 12.1 Å². The molecule has 2 rings (SSSR count). The molecule has 1 aromatic rings. The van der Waals surface area contributed by atoms with Crippen molar-refractivity contribution in [3.63, 3.8) is 0 Å². The van der Waals surface area contributed by atoms with Crippen molar-refractivity contribution in [1.82, 2.24) is 0 Å². The predicted molar refractivity (Wildman–Crippen MR) is 61.9 cm³/mol. The lowest BCUT2D eigenvalue weighted by molar-refractivity contribution is 0.263. The third kappa shape index (κ3) is 2.95. The Morgan fingerprint density at radius 3 is 2.75 bits per heavy atom. The summed E-state index contributed by atoms with van der Waals surface area (Å²) in [5, 5.41) is 0. The summed E-state index contributed by atoms with van der Waals surface area (Å²) in [5.74, 6) is 0.365. The van der Waals surface area contributed by atoms with Crippen LogP contribution in [0.3, 0.4) is 0 Å². The highest BCUT2D eigenvalue weighted by Crippen LogP contribution is 2.51. The molecule has 1 aliphatic rings. The molecular weight excluding hydrogens is 205 g/mol. The molecule has 0 aliphatic heterocycles. The second-order valence-electron chi connectivity index (χ2n) is 4.59. The van der Waals surface area contributed by atoms with Gasteiger partial charge in [-0.3, -0.25) is 0 Å². The van der Waals surface area contributed by atoms with Gasteiger partial charge in [-0.05, 0) is 49.8 Å². The molecule has 0 spiro atoms. The van der Waals surface area contributed by atoms with E-state index >= 15 is 0 Å². The van der Waals surface area contributed by atoms with Gasteiger partial charge in [0.2, 0.25) is 0 Å². The molecule has 0 radical (unpaired) electrons. The van der Waals surface area contributed by atoms with Crippen molar-refractivity contribution in [2.24, 2.45) is 11.1 Å². The molecule has 0 bridgehead atoms. The smallest absolute Gasteiger partial charge is 0.126 e. The minimum atomic E-state index is -0.249. The van der Waals surface area contributed by atoms with Gasteiger partial charge in [0.05, 0.1) is 6.61 Å². The van der Waals surface area contributed by atoms with E-state index in [1.807, 2.05) is 0 Å². The normalized spacial score (nSPS) is 17.1. The average Bonchev–Trinajstić information content (AvgIpc) is 2.99. The van der Waals surface area contributed by atoms with E-state index in [-0.39, 0.29) is 5.82 Å². The Kier molecular flexibility index (Phi) is 3.44. The van der Waals surface area contributed by atoms with Gasteiger partial charge in [0.25, 0.3) is 0 Å². The maximum atomic E-state index is 12.9. The van der Waals surface area contributed by atoms with Crippen LogP contribution in [-0.4, -0.2) is 13.2 Å². The van der Waals surface area contributed by atoms with Gasteiger partial charge in [0.1, 0.15) is 11.6 Å². The van der Waals surface area contributed by atoms with Crippen LogP contribution in [0.2, 0.25) is 0 Å². The van der Waals surface area contributed by atoms with Crippen molar-refractivity contribution in [3.8, 4) is 5.75 Å². The van der Waals surface area contributed by atoms with Crippen LogP contribution in [0.1, 0.15) is 25.7 Å². The molecule has 0 aromatic heterocycles. The first-order chi connectivity index (χ1) is 7.74. The topological polar surface area (TPSA) is 35.2 Å². The molecule has 0 heterocycles. The summed E-state index contributed by atoms with van der Waals surface area (Å²) in [6.07, 6.45) is 4.63. The van der Waals surface area contributed by atoms with Crippen molar-refractivity contribution in [2.75, 3.05) is 13.2 Å². The number of hydrogen-bond donors (Lipinski definition) is 1. The van der Waals surface area contributed by atoms with E-state index in [4.69, 9.17) is 10.5 Å². The molecule has 88 valence electrons. The summed E-state index contributed by atoms with van der Waals surface area (Å²) >= 11 is 0. The van der Waals surface area contributed by atoms with Gasteiger partial charge < -0.3 is 10.5 Å². The second-order valence-corrected chi connectivity index (χ2v) is 4.59. The molecule has 1 fully saturated rings. The number of hydrogen-bond acceptors (Lipinski definition) is 2. The second kappa shape index (κ2) is 4.83. The van der Waals surface area contributed by atoms with Crippen molar-refractivity contribution in [1.29, 1.82) is 0 Å². The minimum absolute atomic E-state index is 0.249. The number of nitrogens with two attached hydrogens (primary N) is 1. The molecule has 0 saturated heterocycles. The van der Waals surface area contributed by atoms with E-state index in [2.05, 4.69) is 0 Å². The lowest BCUT2D eigenvalue weighted by atomic mass is 9.99. The quantitative estimate of drug-likeness (QED) is 0.804. The van der Waals surface area contributed by atoms with Crippen molar-refractivity contribution in [3.05, 3.63) is 30.1 Å². The Morgan fingerprint density at radius 1 is 1.31 bits per heavy atom. The number of ether oxygens (including phenoxy) is 1. The standard InChI is InChI=1S/C13H18FNO/c14-11-2-1-3-12(10-11)16-9-7-13(4-5-13)6-8-15/h1-3,10H,4-9,15H2. The monoisotopic (exact) mass is 223 g/mol. The van der Waals surface area contributed by atoms with Gasteiger partial charge in [-0.15, -0.1) is 0 Å². The largest absolute Gasteiger partial charge is 0.493 e. The van der Waals surface area contributed by atoms with Crippen LogP contribution >= 0.6 is 0 Å². The predicted octanol–water partition coefficient (Wildman–Crippen LogP) is 2.72. The van der Waals surface area contributed by atoms with E-state index in [1.165, 1.54) is 25.0 Å². The van der Waals surface area contributed by atoms with E-state index in [0.717, 1.165) is 19.4 Å². The summed E-state index contributed by atoms with van der Waals surface area (Å²) in [4.78, 5) is 0. The highest BCUT2D eigenvalue weighted by atomic mass is 19.1. The van der Waals surface area contributed by atoms with Crippen LogP contribution in [0.25, 0.3) is 0 Å². The fourth-order valence-corrected chi connectivity index (χ4v) is 2.05. The lowest BCUT2D eigenvalue weighted by Gasteiger charge is -2.14. The molecule has 1 aliphatic carbocycles. The summed E-state index contributed by atoms with van der Waals surface area (Å²) in [7, 11) is 0. The van der Waals surface area contributed by atoms with Crippen LogP contribution in [0.15, 0.2) is 24.3 Å². The third-order valence-electron chi connectivity index (χ3n) is 3.33. The van der Waals surface area contributed by atoms with Crippen molar-refractivity contribution >= 4 is 0 Å². The molecule has 16 heavy (non-hydrogen) atoms. The number of rotatable bonds is 6. The maximum absolute atomic E-state index is 12.9. The Bertz CT molecular complexity index is 350. The van der Waals surface area contributed by atoms with Gasteiger partial charge in [-0.25, -0.2) is 4.39 Å². The molecule has 1 aromatic carbocycles. The molecular formula is C13H18FNO. The first-order valence-electron chi connectivity index (χ1n) is 5.83. The SMILES string of the molecule is NCCC1(CCOc2cccc(F)c2)CC1. The molecule has 0 amide bonds. The third-order valence-corrected chi connectivity index (χ3v) is 3.33. The fraction of sp³-hybridized carbons (Fsp3) is 0.538. The molecule has 2 N–H and O–H groups in total. The van der Waals surface area contributed by atoms with E-state index in [0.29, 0.717) is 17.8 Å². The summed E-state index contributed by atoms with van der Waals surface area (Å²) < 4.78 is 18.4. The molecule has 2 nitrogen and oxygen atoms in total. The highest BCUT2D eigenvalue weighted by molar-refractivity contribution is 5.22. The van der Waals surface area contributed by atoms with Crippen LogP contribution < -0.4 is 10.5 Å². The zero-order chi connectivity index (χ0) is 11.4. The average molecular weight is 223 g/mol. The molecule has 0 atom stereocenters. The van der Waals surface area contributed by atoms with Gasteiger partial charge >= 0.3 is 0 Å². The minimum Gasteiger partial charge on any atom is -0.493 e. The maximum Gasteiger partial charge on any atom is 0.126 e. The zero-order valence-electron chi connectivity index (χ0n) is 9.42. The summed E-state index contributed by atoms with van der Waals surface area (Å²) in [6, 6.07) is 6.29. The Morgan fingerprint density at radius 2 is 2.12 bits per heavy atom. The van der Waals surface area contributed by atoms with Crippen molar-refractivity contribution < 1.29 is 9.13 Å². The van der Waals surface area contributed by atoms with E-state index < -0.39 is 0 Å². The molecule has 1 saturated carbocycles. The first kappa shape index (κ1) is 11.4. The van der Waals surface area contributed by atoms with Gasteiger partial charge in [-0.2, -0.15) is 0 Å². The van der Waals surface area contributed by atoms with Gasteiger partial charge in [0.15, 0.2) is 0 Å². The number of benzene rings is 1. The van der Waals surface area contributed by atoms with Crippen molar-refractivity contribution in [2.45, 2.75) is 25.7 Å². The van der Waals surface area contributed by atoms with E-state index in [9.17, 15) is 4.39 Å².